The molecule has 1 aromatic heterocycles. The first-order chi connectivity index (χ1) is 12.0. The molecule has 134 valence electrons. The first kappa shape index (κ1) is 17.5. The molecule has 1 atom stereocenters. The van der Waals surface area contributed by atoms with Gasteiger partial charge in [0.05, 0.1) is 18.7 Å². The molecular formula is C19H23FN2O3. The Morgan fingerprint density at radius 2 is 2.12 bits per heavy atom. The summed E-state index contributed by atoms with van der Waals surface area (Å²) < 4.78 is 23.8. The fraction of sp³-hybridized carbons (Fsp3) is 0.474. The van der Waals surface area contributed by atoms with Gasteiger partial charge in [-0.15, -0.1) is 0 Å². The molecule has 1 fully saturated rings. The Morgan fingerprint density at radius 1 is 1.36 bits per heavy atom. The first-order valence-corrected chi connectivity index (χ1v) is 8.61. The molecule has 1 aromatic carbocycles. The number of likely N-dealkylation sites (tertiary alicyclic amines) is 1. The van der Waals surface area contributed by atoms with Gasteiger partial charge < -0.3 is 14.2 Å². The first-order valence-electron chi connectivity index (χ1n) is 8.61. The van der Waals surface area contributed by atoms with Crippen molar-refractivity contribution in [2.45, 2.75) is 33.1 Å². The van der Waals surface area contributed by atoms with E-state index in [1.165, 1.54) is 12.1 Å². The van der Waals surface area contributed by atoms with Gasteiger partial charge in [-0.1, -0.05) is 5.16 Å². The number of hydrogen-bond donors (Lipinski definition) is 0. The lowest BCUT2D eigenvalue weighted by Crippen LogP contribution is -2.42. The minimum absolute atomic E-state index is 0.0980. The van der Waals surface area contributed by atoms with Crippen LogP contribution in [0, 0.1) is 25.6 Å². The van der Waals surface area contributed by atoms with E-state index >= 15 is 0 Å². The maximum absolute atomic E-state index is 12.9. The number of nitrogens with zero attached hydrogens (tertiary/aromatic N) is 2. The third-order valence-electron chi connectivity index (χ3n) is 4.68. The van der Waals surface area contributed by atoms with Crippen LogP contribution in [0.15, 0.2) is 28.8 Å². The van der Waals surface area contributed by atoms with Crippen molar-refractivity contribution in [2.24, 2.45) is 5.92 Å². The zero-order valence-electron chi connectivity index (χ0n) is 14.6. The number of piperidine rings is 1. The summed E-state index contributed by atoms with van der Waals surface area (Å²) in [5.41, 5.74) is 1.66. The van der Waals surface area contributed by atoms with E-state index < -0.39 is 0 Å². The van der Waals surface area contributed by atoms with Gasteiger partial charge in [0.25, 0.3) is 0 Å². The van der Waals surface area contributed by atoms with Gasteiger partial charge >= 0.3 is 0 Å². The largest absolute Gasteiger partial charge is 0.493 e. The standard InChI is InChI=1S/C19H23FN2O3/c1-13-18(14(2)25-21-13)10-19(23)22-9-3-4-15(11-22)12-24-17-7-5-16(20)6-8-17/h5-8,15H,3-4,9-12H2,1-2H3/t15-/m1/s1. The molecule has 1 amide bonds. The molecular weight excluding hydrogens is 323 g/mol. The molecule has 1 saturated heterocycles. The average molecular weight is 346 g/mol. The molecule has 2 aromatic rings. The van der Waals surface area contributed by atoms with Crippen molar-refractivity contribution < 1.29 is 18.4 Å². The zero-order chi connectivity index (χ0) is 17.8. The summed E-state index contributed by atoms with van der Waals surface area (Å²) in [7, 11) is 0. The van der Waals surface area contributed by atoms with Gasteiger partial charge in [-0.2, -0.15) is 0 Å². The van der Waals surface area contributed by atoms with Crippen molar-refractivity contribution >= 4 is 5.91 Å². The number of hydrogen-bond acceptors (Lipinski definition) is 4. The van der Waals surface area contributed by atoms with Gasteiger partial charge in [0.15, 0.2) is 0 Å². The van der Waals surface area contributed by atoms with E-state index in [1.54, 1.807) is 12.1 Å². The van der Waals surface area contributed by atoms with Gasteiger partial charge in [-0.3, -0.25) is 4.79 Å². The molecule has 0 saturated carbocycles. The summed E-state index contributed by atoms with van der Waals surface area (Å²) in [4.78, 5) is 14.5. The van der Waals surface area contributed by atoms with E-state index in [-0.39, 0.29) is 17.6 Å². The van der Waals surface area contributed by atoms with E-state index in [2.05, 4.69) is 5.16 Å². The van der Waals surface area contributed by atoms with Crippen molar-refractivity contribution in [1.82, 2.24) is 10.1 Å². The molecule has 0 bridgehead atoms. The van der Waals surface area contributed by atoms with E-state index in [9.17, 15) is 9.18 Å². The van der Waals surface area contributed by atoms with Crippen molar-refractivity contribution in [3.05, 3.63) is 47.1 Å². The van der Waals surface area contributed by atoms with E-state index in [4.69, 9.17) is 9.26 Å². The second kappa shape index (κ2) is 7.68. The second-order valence-corrected chi connectivity index (χ2v) is 6.59. The summed E-state index contributed by atoms with van der Waals surface area (Å²) in [6.45, 7) is 5.67. The Morgan fingerprint density at radius 3 is 2.80 bits per heavy atom. The predicted octanol–water partition coefficient (Wildman–Crippen LogP) is 3.29. The smallest absolute Gasteiger partial charge is 0.227 e. The predicted molar refractivity (Wildman–Crippen MR) is 90.9 cm³/mol. The number of aromatic nitrogens is 1. The lowest BCUT2D eigenvalue weighted by atomic mass is 9.98. The number of benzene rings is 1. The maximum atomic E-state index is 12.9. The van der Waals surface area contributed by atoms with Crippen LogP contribution in [-0.4, -0.2) is 35.7 Å². The molecule has 0 spiro atoms. The van der Waals surface area contributed by atoms with Crippen LogP contribution in [0.4, 0.5) is 4.39 Å². The lowest BCUT2D eigenvalue weighted by Gasteiger charge is -2.32. The maximum Gasteiger partial charge on any atom is 0.227 e. The Labute approximate surface area is 146 Å². The number of rotatable bonds is 5. The molecule has 3 rings (SSSR count). The molecule has 0 unspecified atom stereocenters. The third-order valence-corrected chi connectivity index (χ3v) is 4.68. The number of ether oxygens (including phenoxy) is 1. The number of aryl methyl sites for hydroxylation is 2. The normalized spacial score (nSPS) is 17.6. The zero-order valence-corrected chi connectivity index (χ0v) is 14.6. The van der Waals surface area contributed by atoms with Crippen LogP contribution >= 0.6 is 0 Å². The Bertz CT molecular complexity index is 707. The molecule has 1 aliphatic rings. The molecule has 6 heteroatoms. The number of halogens is 1. The summed E-state index contributed by atoms with van der Waals surface area (Å²) in [6.07, 6.45) is 2.31. The Kier molecular flexibility index (Phi) is 5.36. The summed E-state index contributed by atoms with van der Waals surface area (Å²) in [5.74, 6) is 1.47. The SMILES string of the molecule is Cc1noc(C)c1CC(=O)N1CCC[C@@H](COc2ccc(F)cc2)C1. The molecule has 25 heavy (non-hydrogen) atoms. The topological polar surface area (TPSA) is 55.6 Å². The molecule has 0 aliphatic carbocycles. The minimum atomic E-state index is -0.277. The van der Waals surface area contributed by atoms with Crippen LogP contribution < -0.4 is 4.74 Å². The van der Waals surface area contributed by atoms with E-state index in [1.807, 2.05) is 18.7 Å². The fourth-order valence-electron chi connectivity index (χ4n) is 3.19. The van der Waals surface area contributed by atoms with Crippen LogP contribution in [-0.2, 0) is 11.2 Å². The highest BCUT2D eigenvalue weighted by molar-refractivity contribution is 5.79. The fourth-order valence-corrected chi connectivity index (χ4v) is 3.19. The Balaban J connectivity index is 1.53. The molecule has 0 N–H and O–H groups in total. The number of carbonyl (C=O) groups is 1. The van der Waals surface area contributed by atoms with Crippen LogP contribution in [0.2, 0.25) is 0 Å². The third kappa shape index (κ3) is 4.38. The quantitative estimate of drug-likeness (QED) is 0.834. The average Bonchev–Trinajstić information content (AvgIpc) is 2.93. The van der Waals surface area contributed by atoms with Crippen LogP contribution in [0.5, 0.6) is 5.75 Å². The molecule has 5 nitrogen and oxygen atoms in total. The van der Waals surface area contributed by atoms with Crippen molar-refractivity contribution in [1.29, 1.82) is 0 Å². The highest BCUT2D eigenvalue weighted by atomic mass is 19.1. The van der Waals surface area contributed by atoms with Crippen LogP contribution in [0.1, 0.15) is 29.9 Å². The van der Waals surface area contributed by atoms with Crippen molar-refractivity contribution in [3.63, 3.8) is 0 Å². The van der Waals surface area contributed by atoms with Gasteiger partial charge in [-0.05, 0) is 51.0 Å². The number of carbonyl (C=O) groups excluding carboxylic acids is 1. The monoisotopic (exact) mass is 346 g/mol. The van der Waals surface area contributed by atoms with E-state index in [0.717, 1.165) is 30.6 Å². The van der Waals surface area contributed by atoms with Crippen LogP contribution in [0.3, 0.4) is 0 Å². The van der Waals surface area contributed by atoms with Crippen molar-refractivity contribution in [2.75, 3.05) is 19.7 Å². The van der Waals surface area contributed by atoms with E-state index in [0.29, 0.717) is 31.1 Å². The van der Waals surface area contributed by atoms with Gasteiger partial charge in [0, 0.05) is 24.6 Å². The summed E-state index contributed by atoms with van der Waals surface area (Å²) >= 11 is 0. The minimum Gasteiger partial charge on any atom is -0.493 e. The second-order valence-electron chi connectivity index (χ2n) is 6.59. The summed E-state index contributed by atoms with van der Waals surface area (Å²) in [5, 5.41) is 3.91. The molecule has 0 radical (unpaired) electrons. The van der Waals surface area contributed by atoms with Gasteiger partial charge in [-0.25, -0.2) is 4.39 Å². The van der Waals surface area contributed by atoms with Gasteiger partial charge in [0.1, 0.15) is 17.3 Å². The lowest BCUT2D eigenvalue weighted by molar-refractivity contribution is -0.132. The van der Waals surface area contributed by atoms with Crippen LogP contribution in [0.25, 0.3) is 0 Å². The van der Waals surface area contributed by atoms with Gasteiger partial charge in [0.2, 0.25) is 5.91 Å². The molecule has 2 heterocycles. The Hall–Kier alpha value is -2.37. The highest BCUT2D eigenvalue weighted by Crippen LogP contribution is 2.21. The van der Waals surface area contributed by atoms with Crippen molar-refractivity contribution in [3.8, 4) is 5.75 Å². The highest BCUT2D eigenvalue weighted by Gasteiger charge is 2.25. The summed E-state index contributed by atoms with van der Waals surface area (Å²) in [6, 6.07) is 6.02. The molecule has 1 aliphatic heterocycles. The number of amides is 1.